The van der Waals surface area contributed by atoms with E-state index in [9.17, 15) is 13.6 Å². The van der Waals surface area contributed by atoms with Crippen LogP contribution in [-0.2, 0) is 4.79 Å². The van der Waals surface area contributed by atoms with E-state index in [1.165, 1.54) is 6.92 Å². The Labute approximate surface area is 115 Å². The van der Waals surface area contributed by atoms with E-state index in [1.807, 2.05) is 0 Å². The van der Waals surface area contributed by atoms with Gasteiger partial charge in [-0.2, -0.15) is 8.78 Å². The maximum Gasteiger partial charge on any atom is 0.388 e. The number of carbonyl (C=O) groups is 1. The first-order chi connectivity index (χ1) is 9.39. The van der Waals surface area contributed by atoms with Gasteiger partial charge in [0.2, 0.25) is 5.91 Å². The first-order valence-corrected chi connectivity index (χ1v) is 6.60. The lowest BCUT2D eigenvalue weighted by atomic mass is 9.85. The lowest BCUT2D eigenvalue weighted by Gasteiger charge is -2.22. The standard InChI is InChI=1S/C13H18F2N2O3/c1-8-10(11(17-20-8)19-12(14)15)16-9(18)7-13(2)5-3-4-6-13/h12H,3-7H2,1-2H3,(H,16,18). The van der Waals surface area contributed by atoms with E-state index >= 15 is 0 Å². The summed E-state index contributed by atoms with van der Waals surface area (Å²) in [5.74, 6) is -0.382. The van der Waals surface area contributed by atoms with Crippen LogP contribution in [-0.4, -0.2) is 17.7 Å². The molecule has 1 N–H and O–H groups in total. The molecule has 0 unspecified atom stereocenters. The second-order valence-corrected chi connectivity index (χ2v) is 5.54. The summed E-state index contributed by atoms with van der Waals surface area (Å²) in [5, 5.41) is 5.93. The zero-order valence-corrected chi connectivity index (χ0v) is 11.5. The Hall–Kier alpha value is -1.66. The van der Waals surface area contributed by atoms with Crippen molar-refractivity contribution in [1.29, 1.82) is 0 Å². The first kappa shape index (κ1) is 14.7. The summed E-state index contributed by atoms with van der Waals surface area (Å²) in [4.78, 5) is 12.0. The van der Waals surface area contributed by atoms with E-state index in [-0.39, 0.29) is 28.6 Å². The number of halogens is 2. The molecule has 1 amide bonds. The monoisotopic (exact) mass is 288 g/mol. The average Bonchev–Trinajstić information content (AvgIpc) is 2.89. The number of nitrogens with one attached hydrogen (secondary N) is 1. The van der Waals surface area contributed by atoms with Gasteiger partial charge in [-0.25, -0.2) is 0 Å². The number of rotatable bonds is 5. The van der Waals surface area contributed by atoms with E-state index in [0.29, 0.717) is 6.42 Å². The first-order valence-electron chi connectivity index (χ1n) is 6.60. The summed E-state index contributed by atoms with van der Waals surface area (Å²) in [6, 6.07) is 0. The lowest BCUT2D eigenvalue weighted by Crippen LogP contribution is -2.22. The highest BCUT2D eigenvalue weighted by Gasteiger charge is 2.32. The van der Waals surface area contributed by atoms with Gasteiger partial charge in [-0.15, -0.1) is 0 Å². The largest absolute Gasteiger partial charge is 0.412 e. The van der Waals surface area contributed by atoms with Crippen molar-refractivity contribution in [3.8, 4) is 5.88 Å². The van der Waals surface area contributed by atoms with Gasteiger partial charge in [0.1, 0.15) is 5.69 Å². The number of ether oxygens (including phenoxy) is 1. The van der Waals surface area contributed by atoms with Crippen LogP contribution in [0.2, 0.25) is 0 Å². The van der Waals surface area contributed by atoms with Crippen LogP contribution in [0.4, 0.5) is 14.5 Å². The van der Waals surface area contributed by atoms with Gasteiger partial charge in [0.15, 0.2) is 5.76 Å². The molecule has 1 aliphatic rings. The molecule has 112 valence electrons. The second-order valence-electron chi connectivity index (χ2n) is 5.54. The molecule has 1 heterocycles. The number of anilines is 1. The van der Waals surface area contributed by atoms with Gasteiger partial charge >= 0.3 is 6.61 Å². The Kier molecular flexibility index (Phi) is 4.25. The molecule has 7 heteroatoms. The predicted molar refractivity (Wildman–Crippen MR) is 67.7 cm³/mol. The number of carbonyl (C=O) groups excluding carboxylic acids is 1. The van der Waals surface area contributed by atoms with Gasteiger partial charge in [0.25, 0.3) is 5.88 Å². The van der Waals surface area contributed by atoms with Crippen LogP contribution < -0.4 is 10.1 Å². The van der Waals surface area contributed by atoms with E-state index in [1.54, 1.807) is 0 Å². The van der Waals surface area contributed by atoms with Gasteiger partial charge in [-0.05, 0) is 30.3 Å². The second kappa shape index (κ2) is 5.76. The fraction of sp³-hybridized carbons (Fsp3) is 0.692. The highest BCUT2D eigenvalue weighted by Crippen LogP contribution is 2.41. The van der Waals surface area contributed by atoms with Gasteiger partial charge < -0.3 is 14.6 Å². The summed E-state index contributed by atoms with van der Waals surface area (Å²) in [5.41, 5.74) is 0.0655. The third-order valence-corrected chi connectivity index (χ3v) is 3.69. The zero-order chi connectivity index (χ0) is 14.8. The number of aromatic nitrogens is 1. The third kappa shape index (κ3) is 3.46. The van der Waals surface area contributed by atoms with E-state index in [4.69, 9.17) is 4.52 Å². The SMILES string of the molecule is Cc1onc(OC(F)F)c1NC(=O)CC1(C)CCCC1. The quantitative estimate of drug-likeness (QED) is 0.900. The highest BCUT2D eigenvalue weighted by molar-refractivity contribution is 5.92. The minimum absolute atomic E-state index is 0.0150. The zero-order valence-electron chi connectivity index (χ0n) is 11.5. The average molecular weight is 288 g/mol. The van der Waals surface area contributed by atoms with Crippen molar-refractivity contribution in [3.05, 3.63) is 5.76 Å². The van der Waals surface area contributed by atoms with Crippen molar-refractivity contribution >= 4 is 11.6 Å². The van der Waals surface area contributed by atoms with E-state index in [0.717, 1.165) is 25.7 Å². The van der Waals surface area contributed by atoms with Crippen molar-refractivity contribution in [1.82, 2.24) is 5.16 Å². The molecule has 2 rings (SSSR count). The maximum absolute atomic E-state index is 12.2. The summed E-state index contributed by atoms with van der Waals surface area (Å²) in [6.07, 6.45) is 4.60. The van der Waals surface area contributed by atoms with Crippen molar-refractivity contribution in [2.75, 3.05) is 5.32 Å². The van der Waals surface area contributed by atoms with Crippen molar-refractivity contribution < 1.29 is 22.8 Å². The Balaban J connectivity index is 2.02. The van der Waals surface area contributed by atoms with Crippen LogP contribution in [0.15, 0.2) is 4.52 Å². The Morgan fingerprint density at radius 1 is 1.50 bits per heavy atom. The minimum atomic E-state index is -3.01. The molecular formula is C13H18F2N2O3. The lowest BCUT2D eigenvalue weighted by molar-refractivity contribution is -0.118. The molecule has 0 spiro atoms. The summed E-state index contributed by atoms with van der Waals surface area (Å²) >= 11 is 0. The summed E-state index contributed by atoms with van der Waals surface area (Å²) in [7, 11) is 0. The summed E-state index contributed by atoms with van der Waals surface area (Å²) in [6.45, 7) is 0.581. The Morgan fingerprint density at radius 2 is 2.15 bits per heavy atom. The summed E-state index contributed by atoms with van der Waals surface area (Å²) < 4.78 is 33.4. The van der Waals surface area contributed by atoms with Crippen LogP contribution in [0.25, 0.3) is 0 Å². The van der Waals surface area contributed by atoms with Crippen LogP contribution in [0.5, 0.6) is 5.88 Å². The molecule has 0 aliphatic heterocycles. The Bertz CT molecular complexity index is 482. The normalized spacial score (nSPS) is 17.4. The third-order valence-electron chi connectivity index (χ3n) is 3.69. The molecule has 1 aromatic heterocycles. The van der Waals surface area contributed by atoms with E-state index < -0.39 is 6.61 Å². The predicted octanol–water partition coefficient (Wildman–Crippen LogP) is 3.49. The number of hydrogen-bond acceptors (Lipinski definition) is 4. The number of hydrogen-bond donors (Lipinski definition) is 1. The molecule has 5 nitrogen and oxygen atoms in total. The number of nitrogens with zero attached hydrogens (tertiary/aromatic N) is 1. The minimum Gasteiger partial charge on any atom is -0.412 e. The highest BCUT2D eigenvalue weighted by atomic mass is 19.3. The molecule has 0 atom stereocenters. The Morgan fingerprint density at radius 3 is 2.75 bits per heavy atom. The molecule has 0 radical (unpaired) electrons. The van der Waals surface area contributed by atoms with Gasteiger partial charge in [-0.1, -0.05) is 19.8 Å². The molecule has 1 saturated carbocycles. The fourth-order valence-electron chi connectivity index (χ4n) is 2.63. The molecular weight excluding hydrogens is 270 g/mol. The van der Waals surface area contributed by atoms with Gasteiger partial charge in [0.05, 0.1) is 0 Å². The maximum atomic E-state index is 12.2. The molecule has 1 aliphatic carbocycles. The molecule has 20 heavy (non-hydrogen) atoms. The van der Waals surface area contributed by atoms with Crippen LogP contribution in [0.1, 0.15) is 44.8 Å². The number of aryl methyl sites for hydroxylation is 1. The van der Waals surface area contributed by atoms with Crippen molar-refractivity contribution in [2.45, 2.75) is 52.6 Å². The van der Waals surface area contributed by atoms with Gasteiger partial charge in [-0.3, -0.25) is 4.79 Å². The topological polar surface area (TPSA) is 64.4 Å². The van der Waals surface area contributed by atoms with Gasteiger partial charge in [0, 0.05) is 6.42 Å². The molecule has 0 aromatic carbocycles. The van der Waals surface area contributed by atoms with Crippen LogP contribution in [0.3, 0.4) is 0 Å². The molecule has 1 fully saturated rings. The van der Waals surface area contributed by atoms with Crippen LogP contribution in [0, 0.1) is 12.3 Å². The molecule has 0 bridgehead atoms. The smallest absolute Gasteiger partial charge is 0.388 e. The molecule has 0 saturated heterocycles. The van der Waals surface area contributed by atoms with Crippen molar-refractivity contribution in [2.24, 2.45) is 5.41 Å². The number of alkyl halides is 2. The number of amides is 1. The fourth-order valence-corrected chi connectivity index (χ4v) is 2.63. The van der Waals surface area contributed by atoms with E-state index in [2.05, 4.69) is 22.1 Å². The molecule has 1 aromatic rings. The van der Waals surface area contributed by atoms with Crippen LogP contribution >= 0.6 is 0 Å². The van der Waals surface area contributed by atoms with Crippen molar-refractivity contribution in [3.63, 3.8) is 0 Å².